The van der Waals surface area contributed by atoms with Gasteiger partial charge in [0.25, 0.3) is 0 Å². The van der Waals surface area contributed by atoms with Crippen molar-refractivity contribution in [2.75, 3.05) is 5.32 Å². The van der Waals surface area contributed by atoms with Gasteiger partial charge < -0.3 is 10.4 Å². The summed E-state index contributed by atoms with van der Waals surface area (Å²) in [6.07, 6.45) is 2.95. The van der Waals surface area contributed by atoms with E-state index in [2.05, 4.69) is 15.4 Å². The van der Waals surface area contributed by atoms with Crippen LogP contribution in [0.15, 0.2) is 17.8 Å². The number of nitrogens with zero attached hydrogens (tertiary/aromatic N) is 3. The van der Waals surface area contributed by atoms with E-state index in [0.717, 1.165) is 0 Å². The fourth-order valence-corrected chi connectivity index (χ4v) is 1.66. The number of thiazole rings is 1. The molecule has 2 N–H and O–H groups in total. The fourth-order valence-electron chi connectivity index (χ4n) is 1.13. The first-order valence-electron chi connectivity index (χ1n) is 4.10. The van der Waals surface area contributed by atoms with Crippen LogP contribution in [0.4, 0.5) is 10.9 Å². The van der Waals surface area contributed by atoms with Gasteiger partial charge in [0.2, 0.25) is 0 Å². The molecule has 0 radical (unpaired) electrons. The van der Waals surface area contributed by atoms with Crippen molar-refractivity contribution in [2.45, 2.75) is 0 Å². The number of carboxylic acid groups (broad SMARTS) is 1. The molecule has 0 aliphatic heterocycles. The average molecular weight is 224 g/mol. The second kappa shape index (κ2) is 3.70. The Balaban J connectivity index is 2.35. The number of carbonyl (C=O) groups is 1. The van der Waals surface area contributed by atoms with Crippen molar-refractivity contribution in [3.63, 3.8) is 0 Å². The molecule has 2 aromatic rings. The molecule has 0 spiro atoms. The number of hydrogen-bond acceptors (Lipinski definition) is 5. The van der Waals surface area contributed by atoms with Gasteiger partial charge in [-0.15, -0.1) is 11.3 Å². The largest absolute Gasteiger partial charge is 0.477 e. The highest BCUT2D eigenvalue weighted by Crippen LogP contribution is 2.21. The van der Waals surface area contributed by atoms with Gasteiger partial charge in [0.05, 0.1) is 6.20 Å². The molecule has 0 saturated heterocycles. The molecule has 15 heavy (non-hydrogen) atoms. The van der Waals surface area contributed by atoms with Gasteiger partial charge in [-0.1, -0.05) is 0 Å². The minimum atomic E-state index is -1.01. The Labute approximate surface area is 89.2 Å². The zero-order valence-electron chi connectivity index (χ0n) is 7.84. The summed E-state index contributed by atoms with van der Waals surface area (Å²) in [4.78, 5) is 14.9. The van der Waals surface area contributed by atoms with E-state index >= 15 is 0 Å². The molecule has 0 bridgehead atoms. The minimum Gasteiger partial charge on any atom is -0.477 e. The monoisotopic (exact) mass is 224 g/mol. The SMILES string of the molecule is Cn1ncc(C(=O)O)c1Nc1nccs1. The predicted molar refractivity (Wildman–Crippen MR) is 55.6 cm³/mol. The van der Waals surface area contributed by atoms with Gasteiger partial charge >= 0.3 is 5.97 Å². The van der Waals surface area contributed by atoms with Gasteiger partial charge in [-0.05, 0) is 0 Å². The summed E-state index contributed by atoms with van der Waals surface area (Å²) < 4.78 is 1.46. The van der Waals surface area contributed by atoms with Crippen LogP contribution in [0.25, 0.3) is 0 Å². The first-order valence-corrected chi connectivity index (χ1v) is 4.98. The Morgan fingerprint density at radius 2 is 2.47 bits per heavy atom. The molecule has 0 aliphatic rings. The third-order valence-electron chi connectivity index (χ3n) is 1.83. The normalized spacial score (nSPS) is 10.2. The Bertz CT molecular complexity index is 477. The van der Waals surface area contributed by atoms with Gasteiger partial charge in [-0.2, -0.15) is 5.10 Å². The zero-order valence-corrected chi connectivity index (χ0v) is 8.65. The molecule has 0 saturated carbocycles. The molecule has 6 nitrogen and oxygen atoms in total. The maximum atomic E-state index is 10.9. The number of aryl methyl sites for hydroxylation is 1. The van der Waals surface area contributed by atoms with Crippen molar-refractivity contribution in [3.8, 4) is 0 Å². The zero-order chi connectivity index (χ0) is 10.8. The maximum Gasteiger partial charge on any atom is 0.341 e. The van der Waals surface area contributed by atoms with Crippen molar-refractivity contribution in [3.05, 3.63) is 23.3 Å². The molecule has 2 heterocycles. The average Bonchev–Trinajstić information content (AvgIpc) is 2.78. The number of aromatic carboxylic acids is 1. The van der Waals surface area contributed by atoms with Crippen LogP contribution < -0.4 is 5.32 Å². The van der Waals surface area contributed by atoms with Crippen molar-refractivity contribution < 1.29 is 9.90 Å². The molecular formula is C8H8N4O2S. The number of rotatable bonds is 3. The van der Waals surface area contributed by atoms with Crippen LogP contribution in [-0.4, -0.2) is 25.8 Å². The van der Waals surface area contributed by atoms with Crippen LogP contribution in [0.1, 0.15) is 10.4 Å². The molecular weight excluding hydrogens is 216 g/mol. The first-order chi connectivity index (χ1) is 7.18. The summed E-state index contributed by atoms with van der Waals surface area (Å²) in [6, 6.07) is 0. The van der Waals surface area contributed by atoms with Crippen LogP contribution in [0.5, 0.6) is 0 Å². The van der Waals surface area contributed by atoms with Crippen LogP contribution in [0.2, 0.25) is 0 Å². The third-order valence-corrected chi connectivity index (χ3v) is 2.52. The molecule has 2 aromatic heterocycles. The van der Waals surface area contributed by atoms with Crippen LogP contribution >= 0.6 is 11.3 Å². The van der Waals surface area contributed by atoms with Crippen LogP contribution in [0, 0.1) is 0 Å². The highest BCUT2D eigenvalue weighted by molar-refractivity contribution is 7.13. The first kappa shape index (κ1) is 9.66. The van der Waals surface area contributed by atoms with E-state index in [4.69, 9.17) is 5.11 Å². The summed E-state index contributed by atoms with van der Waals surface area (Å²) in [5.74, 6) is -0.584. The van der Waals surface area contributed by atoms with Crippen molar-refractivity contribution in [2.24, 2.45) is 7.05 Å². The molecule has 0 fully saturated rings. The topological polar surface area (TPSA) is 80.0 Å². The molecule has 0 atom stereocenters. The predicted octanol–water partition coefficient (Wildman–Crippen LogP) is 1.32. The third kappa shape index (κ3) is 1.82. The Morgan fingerprint density at radius 3 is 3.07 bits per heavy atom. The molecule has 0 aromatic carbocycles. The molecule has 0 aliphatic carbocycles. The summed E-state index contributed by atoms with van der Waals surface area (Å²) in [5, 5.41) is 18.1. The number of carboxylic acids is 1. The molecule has 0 unspecified atom stereocenters. The quantitative estimate of drug-likeness (QED) is 0.821. The summed E-state index contributed by atoms with van der Waals surface area (Å²) in [6.45, 7) is 0. The molecule has 7 heteroatoms. The fraction of sp³-hybridized carbons (Fsp3) is 0.125. The van der Waals surface area contributed by atoms with Gasteiger partial charge in [-0.3, -0.25) is 4.68 Å². The Hall–Kier alpha value is -1.89. The summed E-state index contributed by atoms with van der Waals surface area (Å²) >= 11 is 1.39. The number of anilines is 2. The second-order valence-electron chi connectivity index (χ2n) is 2.80. The molecule has 2 rings (SSSR count). The smallest absolute Gasteiger partial charge is 0.341 e. The van der Waals surface area contributed by atoms with Crippen molar-refractivity contribution in [1.29, 1.82) is 0 Å². The lowest BCUT2D eigenvalue weighted by Crippen LogP contribution is -2.04. The highest BCUT2D eigenvalue weighted by Gasteiger charge is 2.15. The number of nitrogens with one attached hydrogen (secondary N) is 1. The van der Waals surface area contributed by atoms with E-state index < -0.39 is 5.97 Å². The lowest BCUT2D eigenvalue weighted by molar-refractivity contribution is 0.0698. The van der Waals surface area contributed by atoms with E-state index in [-0.39, 0.29) is 5.56 Å². The summed E-state index contributed by atoms with van der Waals surface area (Å²) in [5.41, 5.74) is 0.132. The molecule has 78 valence electrons. The Morgan fingerprint density at radius 1 is 1.67 bits per heavy atom. The van der Waals surface area contributed by atoms with Crippen LogP contribution in [-0.2, 0) is 7.05 Å². The highest BCUT2D eigenvalue weighted by atomic mass is 32.1. The lowest BCUT2D eigenvalue weighted by Gasteiger charge is -2.03. The van der Waals surface area contributed by atoms with E-state index in [1.54, 1.807) is 18.6 Å². The Kier molecular flexibility index (Phi) is 2.38. The lowest BCUT2D eigenvalue weighted by atomic mass is 10.3. The van der Waals surface area contributed by atoms with E-state index in [0.29, 0.717) is 10.9 Å². The minimum absolute atomic E-state index is 0.132. The number of hydrogen-bond donors (Lipinski definition) is 2. The number of aromatic nitrogens is 3. The second-order valence-corrected chi connectivity index (χ2v) is 3.69. The van der Waals surface area contributed by atoms with Crippen LogP contribution in [0.3, 0.4) is 0 Å². The van der Waals surface area contributed by atoms with Gasteiger partial charge in [0.15, 0.2) is 5.13 Å². The maximum absolute atomic E-state index is 10.9. The van der Waals surface area contributed by atoms with Crippen molar-refractivity contribution in [1.82, 2.24) is 14.8 Å². The van der Waals surface area contributed by atoms with E-state index in [9.17, 15) is 4.79 Å². The van der Waals surface area contributed by atoms with E-state index in [1.807, 2.05) is 0 Å². The van der Waals surface area contributed by atoms with Gasteiger partial charge in [0, 0.05) is 18.6 Å². The molecule has 0 amide bonds. The standard InChI is InChI=1S/C8H8N4O2S/c1-12-6(5(4-10-12)7(13)14)11-8-9-2-3-15-8/h2-4H,1H3,(H,9,11)(H,13,14). The van der Waals surface area contributed by atoms with E-state index in [1.165, 1.54) is 22.2 Å². The summed E-state index contributed by atoms with van der Waals surface area (Å²) in [7, 11) is 1.67. The van der Waals surface area contributed by atoms with Gasteiger partial charge in [0.1, 0.15) is 11.4 Å². The van der Waals surface area contributed by atoms with Crippen molar-refractivity contribution >= 4 is 28.3 Å². The van der Waals surface area contributed by atoms with Gasteiger partial charge in [-0.25, -0.2) is 9.78 Å².